The van der Waals surface area contributed by atoms with Gasteiger partial charge in [0.15, 0.2) is 0 Å². The van der Waals surface area contributed by atoms with Crippen molar-refractivity contribution >= 4 is 23.0 Å². The molecule has 0 bridgehead atoms. The van der Waals surface area contributed by atoms with Crippen molar-refractivity contribution in [2.24, 2.45) is 0 Å². The molecule has 0 saturated carbocycles. The summed E-state index contributed by atoms with van der Waals surface area (Å²) < 4.78 is 0. The molecule has 0 aliphatic carbocycles. The monoisotopic (exact) mass is 272 g/mol. The lowest BCUT2D eigenvalue weighted by Gasteiger charge is -2.24. The van der Waals surface area contributed by atoms with Gasteiger partial charge in [-0.05, 0) is 36.2 Å². The van der Waals surface area contributed by atoms with Crippen LogP contribution in [0.5, 0.6) is 0 Å². The first-order valence-electron chi connectivity index (χ1n) is 6.65. The summed E-state index contributed by atoms with van der Waals surface area (Å²) in [6.07, 6.45) is 1.15. The summed E-state index contributed by atoms with van der Waals surface area (Å²) in [6.45, 7) is 3.00. The Morgan fingerprint density at radius 1 is 1.11 bits per heavy atom. The van der Waals surface area contributed by atoms with Crippen molar-refractivity contribution in [3.63, 3.8) is 0 Å². The van der Waals surface area contributed by atoms with Gasteiger partial charge in [0.25, 0.3) is 0 Å². The summed E-state index contributed by atoms with van der Waals surface area (Å²) >= 11 is 6.06. The van der Waals surface area contributed by atoms with E-state index in [1.165, 1.54) is 16.9 Å². The normalized spacial score (nSPS) is 14.5. The van der Waals surface area contributed by atoms with E-state index in [1.54, 1.807) is 0 Å². The Labute approximate surface area is 119 Å². The van der Waals surface area contributed by atoms with Crippen LogP contribution in [-0.2, 0) is 6.54 Å². The topological polar surface area (TPSA) is 15.3 Å². The van der Waals surface area contributed by atoms with E-state index in [2.05, 4.69) is 40.5 Å². The quantitative estimate of drug-likeness (QED) is 0.883. The van der Waals surface area contributed by atoms with Crippen molar-refractivity contribution < 1.29 is 0 Å². The molecule has 1 aliphatic heterocycles. The molecule has 3 rings (SSSR count). The zero-order valence-corrected chi connectivity index (χ0v) is 11.5. The van der Waals surface area contributed by atoms with Crippen molar-refractivity contribution in [2.45, 2.75) is 13.0 Å². The van der Waals surface area contributed by atoms with Crippen LogP contribution in [0.25, 0.3) is 0 Å². The molecule has 0 spiro atoms. The van der Waals surface area contributed by atoms with Crippen LogP contribution in [0.15, 0.2) is 48.5 Å². The largest absolute Gasteiger partial charge is 0.383 e. The first-order chi connectivity index (χ1) is 9.33. The number of nitrogens with one attached hydrogen (secondary N) is 1. The molecule has 0 saturated heterocycles. The lowest BCUT2D eigenvalue weighted by Crippen LogP contribution is -2.23. The molecule has 2 aromatic carbocycles. The van der Waals surface area contributed by atoms with E-state index in [4.69, 9.17) is 11.6 Å². The zero-order valence-electron chi connectivity index (χ0n) is 10.8. The van der Waals surface area contributed by atoms with Gasteiger partial charge in [-0.25, -0.2) is 0 Å². The van der Waals surface area contributed by atoms with Crippen LogP contribution in [0.4, 0.5) is 11.4 Å². The summed E-state index contributed by atoms with van der Waals surface area (Å²) in [4.78, 5) is 2.42. The molecule has 1 aliphatic rings. The van der Waals surface area contributed by atoms with Gasteiger partial charge in [-0.2, -0.15) is 0 Å². The van der Waals surface area contributed by atoms with Gasteiger partial charge in [0.05, 0.1) is 11.4 Å². The number of fused-ring (bicyclic) bond motifs is 1. The SMILES string of the molecule is Clc1cccc(CN2CCCNc3ccccc32)c1. The van der Waals surface area contributed by atoms with Crippen molar-refractivity contribution in [2.75, 3.05) is 23.3 Å². The highest BCUT2D eigenvalue weighted by atomic mass is 35.5. The number of nitrogens with zero attached hydrogens (tertiary/aromatic N) is 1. The van der Waals surface area contributed by atoms with Gasteiger partial charge >= 0.3 is 0 Å². The molecule has 0 atom stereocenters. The molecule has 0 fully saturated rings. The van der Waals surface area contributed by atoms with E-state index >= 15 is 0 Å². The van der Waals surface area contributed by atoms with Crippen molar-refractivity contribution in [3.05, 3.63) is 59.1 Å². The number of anilines is 2. The summed E-state index contributed by atoms with van der Waals surface area (Å²) in [5, 5.41) is 4.29. The molecular formula is C16H17ClN2. The molecule has 1 heterocycles. The molecular weight excluding hydrogens is 256 g/mol. The highest BCUT2D eigenvalue weighted by Crippen LogP contribution is 2.29. The Kier molecular flexibility index (Phi) is 3.60. The highest BCUT2D eigenvalue weighted by molar-refractivity contribution is 6.30. The molecule has 19 heavy (non-hydrogen) atoms. The maximum atomic E-state index is 6.06. The van der Waals surface area contributed by atoms with Crippen LogP contribution in [-0.4, -0.2) is 13.1 Å². The minimum Gasteiger partial charge on any atom is -0.383 e. The van der Waals surface area contributed by atoms with Gasteiger partial charge in [0.2, 0.25) is 0 Å². The molecule has 2 aromatic rings. The van der Waals surface area contributed by atoms with E-state index in [9.17, 15) is 0 Å². The third kappa shape index (κ3) is 2.85. The molecule has 98 valence electrons. The molecule has 0 aromatic heterocycles. The molecule has 3 heteroatoms. The van der Waals surface area contributed by atoms with Crippen LogP contribution < -0.4 is 10.2 Å². The van der Waals surface area contributed by atoms with E-state index < -0.39 is 0 Å². The highest BCUT2D eigenvalue weighted by Gasteiger charge is 2.14. The molecule has 0 unspecified atom stereocenters. The Morgan fingerprint density at radius 3 is 2.89 bits per heavy atom. The second-order valence-electron chi connectivity index (χ2n) is 4.85. The Hall–Kier alpha value is -1.67. The summed E-state index contributed by atoms with van der Waals surface area (Å²) in [6, 6.07) is 16.6. The van der Waals surface area contributed by atoms with Gasteiger partial charge < -0.3 is 10.2 Å². The number of benzene rings is 2. The predicted molar refractivity (Wildman–Crippen MR) is 82.1 cm³/mol. The minimum atomic E-state index is 0.804. The fourth-order valence-corrected chi connectivity index (χ4v) is 2.75. The van der Waals surface area contributed by atoms with E-state index in [0.717, 1.165) is 31.1 Å². The van der Waals surface area contributed by atoms with E-state index in [1.807, 2.05) is 18.2 Å². The van der Waals surface area contributed by atoms with Crippen molar-refractivity contribution in [1.29, 1.82) is 0 Å². The first-order valence-corrected chi connectivity index (χ1v) is 7.03. The van der Waals surface area contributed by atoms with Crippen LogP contribution >= 0.6 is 11.6 Å². The molecule has 2 nitrogen and oxygen atoms in total. The number of hydrogen-bond acceptors (Lipinski definition) is 2. The van der Waals surface area contributed by atoms with E-state index in [-0.39, 0.29) is 0 Å². The third-order valence-corrected chi connectivity index (χ3v) is 3.66. The summed E-state index contributed by atoms with van der Waals surface area (Å²) in [7, 11) is 0. The maximum absolute atomic E-state index is 6.06. The smallest absolute Gasteiger partial charge is 0.0605 e. The molecule has 1 N–H and O–H groups in total. The number of rotatable bonds is 2. The van der Waals surface area contributed by atoms with Gasteiger partial charge in [0.1, 0.15) is 0 Å². The average molecular weight is 273 g/mol. The van der Waals surface area contributed by atoms with Gasteiger partial charge in [-0.15, -0.1) is 0 Å². The summed E-state index contributed by atoms with van der Waals surface area (Å²) in [5.41, 5.74) is 3.76. The third-order valence-electron chi connectivity index (χ3n) is 3.43. The summed E-state index contributed by atoms with van der Waals surface area (Å²) in [5.74, 6) is 0. The zero-order chi connectivity index (χ0) is 13.1. The Morgan fingerprint density at radius 2 is 2.00 bits per heavy atom. The standard InChI is InChI=1S/C16H17ClN2/c17-14-6-3-5-13(11-14)12-19-10-4-9-18-15-7-1-2-8-16(15)19/h1-3,5-8,11,18H,4,9-10,12H2. The lowest BCUT2D eigenvalue weighted by molar-refractivity contribution is 0.764. The van der Waals surface area contributed by atoms with Crippen LogP contribution in [0.1, 0.15) is 12.0 Å². The lowest BCUT2D eigenvalue weighted by atomic mass is 10.2. The van der Waals surface area contributed by atoms with E-state index in [0.29, 0.717) is 0 Å². The fraction of sp³-hybridized carbons (Fsp3) is 0.250. The van der Waals surface area contributed by atoms with Crippen LogP contribution in [0, 0.1) is 0 Å². The predicted octanol–water partition coefficient (Wildman–Crippen LogP) is 4.16. The molecule has 0 radical (unpaired) electrons. The molecule has 0 amide bonds. The van der Waals surface area contributed by atoms with Gasteiger partial charge in [-0.3, -0.25) is 0 Å². The first kappa shape index (κ1) is 12.4. The second-order valence-corrected chi connectivity index (χ2v) is 5.29. The minimum absolute atomic E-state index is 0.804. The van der Waals surface area contributed by atoms with Crippen LogP contribution in [0.3, 0.4) is 0 Å². The number of para-hydroxylation sites is 2. The number of halogens is 1. The number of hydrogen-bond donors (Lipinski definition) is 1. The Balaban J connectivity index is 1.88. The van der Waals surface area contributed by atoms with Crippen molar-refractivity contribution in [3.8, 4) is 0 Å². The average Bonchev–Trinajstić information content (AvgIpc) is 2.62. The van der Waals surface area contributed by atoms with Gasteiger partial charge in [-0.1, -0.05) is 35.9 Å². The maximum Gasteiger partial charge on any atom is 0.0605 e. The Bertz CT molecular complexity index is 568. The van der Waals surface area contributed by atoms with Crippen LogP contribution in [0.2, 0.25) is 5.02 Å². The van der Waals surface area contributed by atoms with Crippen molar-refractivity contribution in [1.82, 2.24) is 0 Å². The fourth-order valence-electron chi connectivity index (χ4n) is 2.53. The van der Waals surface area contributed by atoms with Gasteiger partial charge in [0, 0.05) is 24.7 Å². The second kappa shape index (κ2) is 5.54.